The summed E-state index contributed by atoms with van der Waals surface area (Å²) < 4.78 is 21.4. The summed E-state index contributed by atoms with van der Waals surface area (Å²) in [7, 11) is 3.20. The predicted molar refractivity (Wildman–Crippen MR) is 139 cm³/mol. The molecular weight excluding hydrogens is 490 g/mol. The lowest BCUT2D eigenvalue weighted by Crippen LogP contribution is -2.32. The van der Waals surface area contributed by atoms with E-state index in [4.69, 9.17) is 18.9 Å². The summed E-state index contributed by atoms with van der Waals surface area (Å²) in [5.74, 6) is 1.78. The Hall–Kier alpha value is -3.21. The maximum absolute atomic E-state index is 11.9. The third kappa shape index (κ3) is 7.91. The number of rotatable bonds is 12. The molecule has 2 aromatic carbocycles. The first-order valence-electron chi connectivity index (χ1n) is 11.6. The standard InChI is InChI=1S/C25H33N3O7.ClH/c1-4-34-25(31)27-19-7-9-20(18-6-10-23(30)28-24(18)19)35-15-17(29)14-26-12-11-16-5-8-21(32-2)22(13-16)33-3;/h5,7-9,13,17,26,29H,4,6,10-12,14-15H2,1-3H3,(H,27,31)(H,28,30);1H. The first kappa shape index (κ1) is 29.0. The van der Waals surface area contributed by atoms with Crippen LogP contribution >= 0.6 is 12.4 Å². The Kier molecular flexibility index (Phi) is 11.6. The van der Waals surface area contributed by atoms with Gasteiger partial charge < -0.3 is 34.7 Å². The van der Waals surface area contributed by atoms with Gasteiger partial charge in [-0.05, 0) is 56.1 Å². The predicted octanol–water partition coefficient (Wildman–Crippen LogP) is 3.15. The molecule has 1 heterocycles. The zero-order valence-electron chi connectivity index (χ0n) is 20.7. The fourth-order valence-corrected chi connectivity index (χ4v) is 3.76. The molecule has 3 rings (SSSR count). The monoisotopic (exact) mass is 523 g/mol. The molecule has 0 saturated carbocycles. The van der Waals surface area contributed by atoms with Crippen LogP contribution in [0.1, 0.15) is 24.5 Å². The molecule has 198 valence electrons. The second-order valence-electron chi connectivity index (χ2n) is 7.97. The van der Waals surface area contributed by atoms with Crippen molar-refractivity contribution < 1.29 is 33.6 Å². The number of amides is 2. The van der Waals surface area contributed by atoms with Gasteiger partial charge in [-0.2, -0.15) is 0 Å². The van der Waals surface area contributed by atoms with E-state index in [0.717, 1.165) is 17.5 Å². The molecule has 0 aliphatic carbocycles. The van der Waals surface area contributed by atoms with Crippen LogP contribution < -0.4 is 30.2 Å². The molecule has 2 aromatic rings. The third-order valence-electron chi connectivity index (χ3n) is 5.50. The molecule has 11 heteroatoms. The maximum atomic E-state index is 11.9. The van der Waals surface area contributed by atoms with Crippen molar-refractivity contribution in [2.24, 2.45) is 0 Å². The van der Waals surface area contributed by atoms with Crippen molar-refractivity contribution >= 4 is 35.8 Å². The zero-order chi connectivity index (χ0) is 25.2. The molecule has 0 fully saturated rings. The lowest BCUT2D eigenvalue weighted by molar-refractivity contribution is -0.116. The number of aliphatic hydroxyl groups is 1. The molecule has 4 N–H and O–H groups in total. The highest BCUT2D eigenvalue weighted by Crippen LogP contribution is 2.37. The number of hydrogen-bond acceptors (Lipinski definition) is 8. The summed E-state index contributed by atoms with van der Waals surface area (Å²) in [6, 6.07) is 9.14. The minimum absolute atomic E-state index is 0. The van der Waals surface area contributed by atoms with Crippen LogP contribution in [0.5, 0.6) is 17.2 Å². The van der Waals surface area contributed by atoms with Crippen molar-refractivity contribution in [3.63, 3.8) is 0 Å². The lowest BCUT2D eigenvalue weighted by Gasteiger charge is -2.24. The number of hydrogen-bond donors (Lipinski definition) is 4. The Labute approximate surface area is 217 Å². The van der Waals surface area contributed by atoms with Gasteiger partial charge in [-0.15, -0.1) is 12.4 Å². The SMILES string of the molecule is CCOC(=O)Nc1ccc(OCC(O)CNCCc2ccc(OC)c(OC)c2)c2c1NC(=O)CC2.Cl. The maximum Gasteiger partial charge on any atom is 0.411 e. The first-order valence-corrected chi connectivity index (χ1v) is 11.6. The van der Waals surface area contributed by atoms with Gasteiger partial charge in [0.1, 0.15) is 18.5 Å². The third-order valence-corrected chi connectivity index (χ3v) is 5.50. The summed E-state index contributed by atoms with van der Waals surface area (Å²) >= 11 is 0. The van der Waals surface area contributed by atoms with Gasteiger partial charge >= 0.3 is 6.09 Å². The van der Waals surface area contributed by atoms with Gasteiger partial charge in [-0.1, -0.05) is 6.07 Å². The van der Waals surface area contributed by atoms with E-state index in [1.807, 2.05) is 18.2 Å². The number of fused-ring (bicyclic) bond motifs is 1. The van der Waals surface area contributed by atoms with Gasteiger partial charge in [0.05, 0.1) is 32.2 Å². The van der Waals surface area contributed by atoms with Crippen molar-refractivity contribution in [2.45, 2.75) is 32.3 Å². The van der Waals surface area contributed by atoms with Gasteiger partial charge in [-0.3, -0.25) is 10.1 Å². The Morgan fingerprint density at radius 2 is 1.86 bits per heavy atom. The number of methoxy groups -OCH3 is 2. The molecule has 0 aromatic heterocycles. The van der Waals surface area contributed by atoms with Crippen LogP contribution in [-0.4, -0.2) is 63.7 Å². The molecule has 0 bridgehead atoms. The minimum Gasteiger partial charge on any atom is -0.493 e. The summed E-state index contributed by atoms with van der Waals surface area (Å²) in [6.45, 7) is 3.05. The molecule has 36 heavy (non-hydrogen) atoms. The van der Waals surface area contributed by atoms with Crippen molar-refractivity contribution in [1.82, 2.24) is 5.32 Å². The number of anilines is 2. The molecule has 0 saturated heterocycles. The van der Waals surface area contributed by atoms with Crippen LogP contribution in [0.15, 0.2) is 30.3 Å². The number of benzene rings is 2. The minimum atomic E-state index is -0.730. The number of aliphatic hydroxyl groups excluding tert-OH is 1. The average molecular weight is 524 g/mol. The highest BCUT2D eigenvalue weighted by molar-refractivity contribution is 6.01. The Bertz CT molecular complexity index is 1030. The molecule has 10 nitrogen and oxygen atoms in total. The van der Waals surface area contributed by atoms with E-state index < -0.39 is 12.2 Å². The lowest BCUT2D eigenvalue weighted by atomic mass is 10.0. The highest BCUT2D eigenvalue weighted by Gasteiger charge is 2.23. The Balaban J connectivity index is 0.00000456. The summed E-state index contributed by atoms with van der Waals surface area (Å²) in [4.78, 5) is 23.8. The Morgan fingerprint density at radius 3 is 2.58 bits per heavy atom. The van der Waals surface area contributed by atoms with Crippen LogP contribution in [0.25, 0.3) is 0 Å². The number of nitrogens with one attached hydrogen (secondary N) is 3. The molecule has 1 aliphatic rings. The van der Waals surface area contributed by atoms with Crippen molar-refractivity contribution in [3.05, 3.63) is 41.5 Å². The molecule has 0 radical (unpaired) electrons. The topological polar surface area (TPSA) is 127 Å². The van der Waals surface area contributed by atoms with E-state index in [1.54, 1.807) is 33.3 Å². The molecule has 1 atom stereocenters. The molecule has 1 unspecified atom stereocenters. The van der Waals surface area contributed by atoms with E-state index in [9.17, 15) is 14.7 Å². The second kappa shape index (κ2) is 14.4. The summed E-state index contributed by atoms with van der Waals surface area (Å²) in [5, 5.41) is 19.0. The van der Waals surface area contributed by atoms with Gasteiger partial charge in [0.2, 0.25) is 5.91 Å². The largest absolute Gasteiger partial charge is 0.493 e. The molecular formula is C25H34ClN3O7. The highest BCUT2D eigenvalue weighted by atomic mass is 35.5. The number of ether oxygens (including phenoxy) is 4. The normalized spacial score (nSPS) is 12.9. The van der Waals surface area contributed by atoms with Crippen LogP contribution in [0.3, 0.4) is 0 Å². The van der Waals surface area contributed by atoms with Crippen molar-refractivity contribution in [2.75, 3.05) is 51.2 Å². The number of carbonyl (C=O) groups excluding carboxylic acids is 2. The van der Waals surface area contributed by atoms with Crippen LogP contribution in [-0.2, 0) is 22.4 Å². The Morgan fingerprint density at radius 1 is 1.11 bits per heavy atom. The summed E-state index contributed by atoms with van der Waals surface area (Å²) in [6.07, 6.45) is 0.209. The van der Waals surface area contributed by atoms with Gasteiger partial charge in [0.15, 0.2) is 11.5 Å². The second-order valence-corrected chi connectivity index (χ2v) is 7.97. The molecule has 1 aliphatic heterocycles. The average Bonchev–Trinajstić information content (AvgIpc) is 2.86. The van der Waals surface area contributed by atoms with Gasteiger partial charge in [0.25, 0.3) is 0 Å². The fraction of sp³-hybridized carbons (Fsp3) is 0.440. The van der Waals surface area contributed by atoms with Crippen LogP contribution in [0.4, 0.5) is 16.2 Å². The van der Waals surface area contributed by atoms with Crippen LogP contribution in [0, 0.1) is 0 Å². The van der Waals surface area contributed by atoms with Crippen molar-refractivity contribution in [3.8, 4) is 17.2 Å². The summed E-state index contributed by atoms with van der Waals surface area (Å²) in [5.41, 5.74) is 2.80. The number of halogens is 1. The van der Waals surface area contributed by atoms with E-state index in [0.29, 0.717) is 54.6 Å². The van der Waals surface area contributed by atoms with Gasteiger partial charge in [0, 0.05) is 18.5 Å². The first-order chi connectivity index (χ1) is 16.9. The van der Waals surface area contributed by atoms with Gasteiger partial charge in [-0.25, -0.2) is 4.79 Å². The van der Waals surface area contributed by atoms with E-state index in [2.05, 4.69) is 16.0 Å². The zero-order valence-corrected chi connectivity index (χ0v) is 21.5. The van der Waals surface area contributed by atoms with Crippen molar-refractivity contribution in [1.29, 1.82) is 0 Å². The molecule has 0 spiro atoms. The number of carbonyl (C=O) groups is 2. The van der Waals surface area contributed by atoms with E-state index >= 15 is 0 Å². The van der Waals surface area contributed by atoms with E-state index in [1.165, 1.54) is 0 Å². The van der Waals surface area contributed by atoms with Crippen LogP contribution in [0.2, 0.25) is 0 Å². The fourth-order valence-electron chi connectivity index (χ4n) is 3.76. The quantitative estimate of drug-likeness (QED) is 0.312. The molecule has 2 amide bonds. The smallest absolute Gasteiger partial charge is 0.411 e. The van der Waals surface area contributed by atoms with E-state index in [-0.39, 0.29) is 31.5 Å².